The highest BCUT2D eigenvalue weighted by molar-refractivity contribution is 5.66. The Morgan fingerprint density at radius 3 is 1.54 bits per heavy atom. The third-order valence-corrected chi connectivity index (χ3v) is 4.54. The van der Waals surface area contributed by atoms with Crippen LogP contribution >= 0.6 is 0 Å². The summed E-state index contributed by atoms with van der Waals surface area (Å²) in [5.74, 6) is -0.180. The van der Waals surface area contributed by atoms with E-state index < -0.39 is 0 Å². The number of esters is 1. The van der Waals surface area contributed by atoms with Gasteiger partial charge in [0.05, 0.1) is 0 Å². The summed E-state index contributed by atoms with van der Waals surface area (Å²) >= 11 is 0. The summed E-state index contributed by atoms with van der Waals surface area (Å²) in [7, 11) is 0. The Morgan fingerprint density at radius 1 is 0.833 bits per heavy atom. The maximum absolute atomic E-state index is 11.0. The first-order valence-corrected chi connectivity index (χ1v) is 10.1. The van der Waals surface area contributed by atoms with Crippen LogP contribution in [0.15, 0.2) is 0 Å². The van der Waals surface area contributed by atoms with Crippen LogP contribution in [0.4, 0.5) is 0 Å². The van der Waals surface area contributed by atoms with Gasteiger partial charge in [0.25, 0.3) is 0 Å². The molecule has 3 N–H and O–H groups in total. The number of rotatable bonds is 16. The third-order valence-electron chi connectivity index (χ3n) is 4.54. The topological polar surface area (TPSA) is 53.9 Å². The highest BCUT2D eigenvalue weighted by Gasteiger charge is 2.18. The van der Waals surface area contributed by atoms with E-state index in [1.165, 1.54) is 84.0 Å². The number of unbranched alkanes of at least 4 members (excludes halogenated alkanes) is 12. The van der Waals surface area contributed by atoms with E-state index >= 15 is 0 Å². The molecular weight excluding hydrogens is 322 g/mol. The van der Waals surface area contributed by atoms with Crippen molar-refractivity contribution in [3.63, 3.8) is 0 Å². The molecule has 0 amide bonds. The number of halogens is 1. The summed E-state index contributed by atoms with van der Waals surface area (Å²) < 4.78 is 5.32. The number of hydrogen-bond donors (Lipinski definition) is 1. The van der Waals surface area contributed by atoms with E-state index in [0.29, 0.717) is 0 Å². The molecule has 0 radical (unpaired) electrons. The predicted molar refractivity (Wildman–Crippen MR) is 98.2 cm³/mol. The first-order chi connectivity index (χ1) is 11.1. The Morgan fingerprint density at radius 2 is 1.21 bits per heavy atom. The highest BCUT2D eigenvalue weighted by Crippen LogP contribution is 2.14. The Hall–Kier alpha value is -0.280. The van der Waals surface area contributed by atoms with Crippen LogP contribution in [-0.2, 0) is 9.53 Å². The fourth-order valence-electron chi connectivity index (χ4n) is 3.04. The average Bonchev–Trinajstić information content (AvgIpc) is 2.50. The van der Waals surface area contributed by atoms with Crippen LogP contribution in [0.5, 0.6) is 0 Å². The molecule has 0 aromatic carbocycles. The van der Waals surface area contributed by atoms with Crippen molar-refractivity contribution in [1.82, 2.24) is 0 Å². The van der Waals surface area contributed by atoms with Crippen LogP contribution in [-0.4, -0.2) is 18.1 Å². The maximum atomic E-state index is 11.0. The summed E-state index contributed by atoms with van der Waals surface area (Å²) in [4.78, 5) is 11.0. The molecule has 3 nitrogen and oxygen atoms in total. The number of ether oxygens (including phenoxy) is 1. The molecule has 0 bridgehead atoms. The zero-order chi connectivity index (χ0) is 17.3. The molecule has 0 aliphatic heterocycles. The lowest BCUT2D eigenvalue weighted by atomic mass is 10.0. The van der Waals surface area contributed by atoms with Gasteiger partial charge >= 0.3 is 5.97 Å². The van der Waals surface area contributed by atoms with Gasteiger partial charge in [-0.05, 0) is 19.8 Å². The van der Waals surface area contributed by atoms with Gasteiger partial charge in [0.1, 0.15) is 6.04 Å². The van der Waals surface area contributed by atoms with Crippen molar-refractivity contribution in [3.8, 4) is 0 Å². The lowest BCUT2D eigenvalue weighted by Gasteiger charge is -2.17. The van der Waals surface area contributed by atoms with Gasteiger partial charge in [0.15, 0.2) is 6.10 Å². The largest absolute Gasteiger partial charge is 1.00 e. The van der Waals surface area contributed by atoms with E-state index in [2.05, 4.69) is 12.7 Å². The average molecular weight is 364 g/mol. The van der Waals surface area contributed by atoms with E-state index in [9.17, 15) is 4.79 Å². The second-order valence-corrected chi connectivity index (χ2v) is 7.16. The SMILES string of the molecule is CCCCCCCCCCCCCCC[C@@H](OC(C)=O)[C@H](C)[NH3+].[Cl-]. The smallest absolute Gasteiger partial charge is 0.303 e. The third kappa shape index (κ3) is 18.1. The van der Waals surface area contributed by atoms with Crippen LogP contribution in [0.2, 0.25) is 0 Å². The molecule has 0 heterocycles. The summed E-state index contributed by atoms with van der Waals surface area (Å²) in [6.07, 6.45) is 18.7. The minimum Gasteiger partial charge on any atom is -1.00 e. The van der Waals surface area contributed by atoms with Crippen molar-refractivity contribution >= 4 is 5.97 Å². The van der Waals surface area contributed by atoms with Gasteiger partial charge in [-0.3, -0.25) is 4.79 Å². The summed E-state index contributed by atoms with van der Waals surface area (Å²) in [6.45, 7) is 5.78. The van der Waals surface area contributed by atoms with Crippen molar-refractivity contribution in [2.45, 2.75) is 123 Å². The van der Waals surface area contributed by atoms with Crippen molar-refractivity contribution in [1.29, 1.82) is 0 Å². The van der Waals surface area contributed by atoms with E-state index in [1.807, 2.05) is 6.92 Å². The molecule has 0 aromatic rings. The molecular formula is C20H42ClNO2. The van der Waals surface area contributed by atoms with Gasteiger partial charge in [-0.2, -0.15) is 0 Å². The molecule has 0 unspecified atom stereocenters. The van der Waals surface area contributed by atoms with Crippen LogP contribution in [0.25, 0.3) is 0 Å². The predicted octanol–water partition coefficient (Wildman–Crippen LogP) is 2.03. The van der Waals surface area contributed by atoms with Crippen molar-refractivity contribution < 1.29 is 27.7 Å². The molecule has 0 aliphatic carbocycles. The molecule has 0 saturated carbocycles. The van der Waals surface area contributed by atoms with Crippen LogP contribution in [0.1, 0.15) is 111 Å². The van der Waals surface area contributed by atoms with Crippen molar-refractivity contribution in [3.05, 3.63) is 0 Å². The monoisotopic (exact) mass is 363 g/mol. The van der Waals surface area contributed by atoms with Crippen LogP contribution in [0, 0.1) is 0 Å². The zero-order valence-corrected chi connectivity index (χ0v) is 17.2. The number of carbonyl (C=O) groups excluding carboxylic acids is 1. The standard InChI is InChI=1S/C20H41NO2.ClH/c1-4-5-6-7-8-9-10-11-12-13-14-15-16-17-20(18(2)21)23-19(3)22;/h18,20H,4-17,21H2,1-3H3;1H/t18-,20+;/m0./s1. The molecule has 0 aliphatic rings. The first-order valence-electron chi connectivity index (χ1n) is 10.1. The second kappa shape index (κ2) is 19.1. The first kappa shape index (κ1) is 26.0. The second-order valence-electron chi connectivity index (χ2n) is 7.16. The molecule has 146 valence electrons. The summed E-state index contributed by atoms with van der Waals surface area (Å²) in [5, 5.41) is 0. The molecule has 0 spiro atoms. The minimum absolute atomic E-state index is 0. The normalized spacial score (nSPS) is 13.2. The fraction of sp³-hybridized carbons (Fsp3) is 0.950. The lowest BCUT2D eigenvalue weighted by molar-refractivity contribution is -0.431. The van der Waals surface area contributed by atoms with Crippen LogP contribution < -0.4 is 18.1 Å². The van der Waals surface area contributed by atoms with Gasteiger partial charge in [0.2, 0.25) is 0 Å². The van der Waals surface area contributed by atoms with Gasteiger partial charge < -0.3 is 22.9 Å². The zero-order valence-electron chi connectivity index (χ0n) is 16.5. The Balaban J connectivity index is 0. The van der Waals surface area contributed by atoms with Gasteiger partial charge in [-0.15, -0.1) is 0 Å². The van der Waals surface area contributed by atoms with E-state index in [-0.39, 0.29) is 30.5 Å². The van der Waals surface area contributed by atoms with Crippen molar-refractivity contribution in [2.75, 3.05) is 0 Å². The Labute approximate surface area is 156 Å². The number of quaternary nitrogens is 1. The molecule has 4 heteroatoms. The van der Waals surface area contributed by atoms with E-state index in [0.717, 1.165) is 12.8 Å². The highest BCUT2D eigenvalue weighted by atomic mass is 35.5. The maximum Gasteiger partial charge on any atom is 0.303 e. The molecule has 2 atom stereocenters. The van der Waals surface area contributed by atoms with E-state index in [4.69, 9.17) is 4.74 Å². The van der Waals surface area contributed by atoms with Crippen molar-refractivity contribution in [2.24, 2.45) is 0 Å². The van der Waals surface area contributed by atoms with Gasteiger partial charge in [-0.1, -0.05) is 84.0 Å². The summed E-state index contributed by atoms with van der Waals surface area (Å²) in [5.41, 5.74) is 3.99. The number of carbonyl (C=O) groups is 1. The Kier molecular flexibility index (Phi) is 20.6. The number of hydrogen-bond acceptors (Lipinski definition) is 2. The van der Waals surface area contributed by atoms with Gasteiger partial charge in [-0.25, -0.2) is 0 Å². The minimum atomic E-state index is -0.180. The van der Waals surface area contributed by atoms with Crippen LogP contribution in [0.3, 0.4) is 0 Å². The summed E-state index contributed by atoms with van der Waals surface area (Å²) in [6, 6.07) is 0.177. The quantitative estimate of drug-likeness (QED) is 0.337. The molecule has 0 fully saturated rings. The molecule has 24 heavy (non-hydrogen) atoms. The van der Waals surface area contributed by atoms with E-state index in [1.54, 1.807) is 0 Å². The molecule has 0 rings (SSSR count). The Bertz CT molecular complexity index is 272. The molecule has 0 saturated heterocycles. The lowest BCUT2D eigenvalue weighted by Crippen LogP contribution is -3.00. The van der Waals surface area contributed by atoms with Gasteiger partial charge in [0, 0.05) is 6.92 Å². The molecule has 0 aromatic heterocycles. The fourth-order valence-corrected chi connectivity index (χ4v) is 3.04.